The molecule has 0 fully saturated rings. The number of nitrogens with zero attached hydrogens (tertiary/aromatic N) is 3. The lowest BCUT2D eigenvalue weighted by atomic mass is 9.92. The predicted molar refractivity (Wildman–Crippen MR) is 276 cm³/mol. The smallest absolute Gasteiger partial charge is 0.164 e. The van der Waals surface area contributed by atoms with Crippen molar-refractivity contribution in [2.24, 2.45) is 0 Å². The molecule has 2 aromatic heterocycles. The number of hydrogen-bond acceptors (Lipinski definition) is 4. The highest BCUT2D eigenvalue weighted by atomic mass is 16.3. The minimum Gasteiger partial charge on any atom is -0.456 e. The first-order valence-corrected chi connectivity index (χ1v) is 22.1. The van der Waals surface area contributed by atoms with E-state index in [4.69, 9.17) is 22.1 Å². The van der Waals surface area contributed by atoms with Gasteiger partial charge < -0.3 is 4.42 Å². The number of benzene rings is 10. The summed E-state index contributed by atoms with van der Waals surface area (Å²) in [5, 5.41) is 0.318. The fraction of sp³-hybridized carbons (Fsp3) is 0. The van der Waals surface area contributed by atoms with E-state index in [0.29, 0.717) is 16.7 Å². The molecule has 2 heterocycles. The first-order valence-electron chi connectivity index (χ1n) is 25.1. The second-order valence-electron chi connectivity index (χ2n) is 16.3. The molecular weight excluding hydrogens is 815 g/mol. The molecule has 314 valence electrons. The Bertz CT molecular complexity index is 4020. The summed E-state index contributed by atoms with van der Waals surface area (Å²) in [5.74, 6) is 0.562. The zero-order chi connectivity index (χ0) is 49.7. The maximum Gasteiger partial charge on any atom is 0.164 e. The summed E-state index contributed by atoms with van der Waals surface area (Å²) in [7, 11) is 0. The van der Waals surface area contributed by atoms with E-state index in [1.54, 1.807) is 0 Å². The third-order valence-electron chi connectivity index (χ3n) is 12.1. The molecule has 10 aromatic carbocycles. The minimum atomic E-state index is -0.358. The summed E-state index contributed by atoms with van der Waals surface area (Å²) in [6.45, 7) is 0. The van der Waals surface area contributed by atoms with E-state index in [2.05, 4.69) is 36.4 Å². The lowest BCUT2D eigenvalue weighted by Crippen LogP contribution is -2.00. The van der Waals surface area contributed by atoms with Crippen molar-refractivity contribution >= 4 is 21.9 Å². The number of hydrogen-bond donors (Lipinski definition) is 0. The third kappa shape index (κ3) is 7.77. The molecule has 0 unspecified atom stereocenters. The number of rotatable bonds is 9. The van der Waals surface area contributed by atoms with Gasteiger partial charge in [-0.3, -0.25) is 0 Å². The Morgan fingerprint density at radius 2 is 0.746 bits per heavy atom. The monoisotopic (exact) mass is 861 g/mol. The lowest BCUT2D eigenvalue weighted by Gasteiger charge is -2.13. The van der Waals surface area contributed by atoms with Crippen LogP contribution in [0.5, 0.6) is 0 Å². The van der Waals surface area contributed by atoms with Gasteiger partial charge in [0.2, 0.25) is 0 Å². The Morgan fingerprint density at radius 1 is 0.299 bits per heavy atom. The fourth-order valence-electron chi connectivity index (χ4n) is 8.75. The molecule has 4 heteroatoms. The van der Waals surface area contributed by atoms with E-state index in [1.165, 1.54) is 0 Å². The minimum absolute atomic E-state index is 0.0139. The second-order valence-corrected chi connectivity index (χ2v) is 16.3. The summed E-state index contributed by atoms with van der Waals surface area (Å²) in [5.41, 5.74) is 11.7. The van der Waals surface area contributed by atoms with Crippen molar-refractivity contribution in [3.05, 3.63) is 249 Å². The standard InChI is InChI=1S/C63H41N3O/c1-5-17-42(18-6-1)48-25-15-26-49(37-48)45-31-33-47(34-32-45)61-64-62(66-63(65-61)53-39-51(43-19-7-2-8-20-43)38-52(40-53)44-21-9-3-10-22-44)50-35-36-57-59(41-50)67-58-30-16-29-56(60(57)58)55-28-14-13-27-54(55)46-23-11-4-12-24-46/h1-41H/i16D,29D,30D,35D,36D,41D. The van der Waals surface area contributed by atoms with Crippen LogP contribution in [0.1, 0.15) is 8.22 Å². The SMILES string of the molecule is [2H]c1c([2H])c(-c2ccccc2-c2ccccc2)c2c(oc3c([2H])c(-c4nc(-c5ccc(-c6cccc(-c7ccccc7)c6)cc5)nc(-c5cc(-c6ccccc6)cc(-c6ccccc6)c5)n4)c([2H])c([2H])c32)c1[2H]. The first-order chi connectivity index (χ1) is 35.7. The van der Waals surface area contributed by atoms with Crippen LogP contribution in [-0.2, 0) is 0 Å². The van der Waals surface area contributed by atoms with Crippen LogP contribution in [0.4, 0.5) is 0 Å². The molecule has 0 radical (unpaired) electrons. The molecule has 0 aliphatic carbocycles. The van der Waals surface area contributed by atoms with E-state index < -0.39 is 0 Å². The average Bonchev–Trinajstić information content (AvgIpc) is 3.86. The Balaban J connectivity index is 1.08. The van der Waals surface area contributed by atoms with E-state index >= 15 is 0 Å². The summed E-state index contributed by atoms with van der Waals surface area (Å²) in [6.07, 6.45) is 0. The number of furan rings is 1. The normalized spacial score (nSPS) is 12.5. The molecule has 12 rings (SSSR count). The maximum absolute atomic E-state index is 9.87. The molecule has 12 aromatic rings. The number of aromatic nitrogens is 3. The van der Waals surface area contributed by atoms with Gasteiger partial charge in [0.05, 0.1) is 8.22 Å². The van der Waals surface area contributed by atoms with Crippen molar-refractivity contribution in [2.75, 3.05) is 0 Å². The molecule has 0 N–H and O–H groups in total. The molecule has 0 bridgehead atoms. The Morgan fingerprint density at radius 3 is 1.36 bits per heavy atom. The second kappa shape index (κ2) is 17.2. The molecule has 0 saturated heterocycles. The molecule has 0 saturated carbocycles. The van der Waals surface area contributed by atoms with Crippen molar-refractivity contribution in [1.29, 1.82) is 0 Å². The Labute approximate surface area is 397 Å². The summed E-state index contributed by atoms with van der Waals surface area (Å²) >= 11 is 0. The largest absolute Gasteiger partial charge is 0.456 e. The molecule has 4 nitrogen and oxygen atoms in total. The van der Waals surface area contributed by atoms with E-state index in [-0.39, 0.29) is 86.8 Å². The maximum atomic E-state index is 9.87. The third-order valence-corrected chi connectivity index (χ3v) is 12.1. The summed E-state index contributed by atoms with van der Waals surface area (Å²) in [6, 6.07) is 68.2. The fourth-order valence-corrected chi connectivity index (χ4v) is 8.75. The van der Waals surface area contributed by atoms with Crippen LogP contribution in [-0.4, -0.2) is 15.0 Å². The molecule has 67 heavy (non-hydrogen) atoms. The average molecular weight is 862 g/mol. The molecule has 0 spiro atoms. The highest BCUT2D eigenvalue weighted by Crippen LogP contribution is 2.42. The molecular formula is C63H41N3O. The zero-order valence-electron chi connectivity index (χ0n) is 42.0. The van der Waals surface area contributed by atoms with Gasteiger partial charge in [0.25, 0.3) is 0 Å². The van der Waals surface area contributed by atoms with Gasteiger partial charge in [-0.2, -0.15) is 0 Å². The van der Waals surface area contributed by atoms with Crippen molar-refractivity contribution in [1.82, 2.24) is 15.0 Å². The van der Waals surface area contributed by atoms with Crippen LogP contribution in [0.3, 0.4) is 0 Å². The quantitative estimate of drug-likeness (QED) is 0.145. The van der Waals surface area contributed by atoms with Crippen molar-refractivity contribution in [3.63, 3.8) is 0 Å². The van der Waals surface area contributed by atoms with Crippen LogP contribution in [0.25, 0.3) is 123 Å². The molecule has 0 amide bonds. The topological polar surface area (TPSA) is 51.8 Å². The predicted octanol–water partition coefficient (Wildman–Crippen LogP) is 16.8. The highest BCUT2D eigenvalue weighted by Gasteiger charge is 2.19. The van der Waals surface area contributed by atoms with Crippen molar-refractivity contribution in [2.45, 2.75) is 0 Å². The van der Waals surface area contributed by atoms with E-state index in [9.17, 15) is 5.48 Å². The summed E-state index contributed by atoms with van der Waals surface area (Å²) in [4.78, 5) is 15.2. The van der Waals surface area contributed by atoms with Crippen LogP contribution >= 0.6 is 0 Å². The zero-order valence-corrected chi connectivity index (χ0v) is 36.0. The first kappa shape index (κ1) is 33.5. The van der Waals surface area contributed by atoms with Gasteiger partial charge in [-0.05, 0) is 109 Å². The summed E-state index contributed by atoms with van der Waals surface area (Å²) < 4.78 is 63.1. The highest BCUT2D eigenvalue weighted by molar-refractivity contribution is 6.14. The Kier molecular flexibility index (Phi) is 8.60. The van der Waals surface area contributed by atoms with Gasteiger partial charge in [0, 0.05) is 27.5 Å². The molecule has 0 aliphatic heterocycles. The van der Waals surface area contributed by atoms with E-state index in [1.807, 2.05) is 176 Å². The van der Waals surface area contributed by atoms with Gasteiger partial charge in [-0.25, -0.2) is 15.0 Å². The van der Waals surface area contributed by atoms with Crippen LogP contribution in [0.2, 0.25) is 0 Å². The van der Waals surface area contributed by atoms with Crippen LogP contribution in [0.15, 0.2) is 253 Å². The van der Waals surface area contributed by atoms with Gasteiger partial charge in [0.1, 0.15) is 11.2 Å². The van der Waals surface area contributed by atoms with Crippen LogP contribution in [0, 0.1) is 0 Å². The van der Waals surface area contributed by atoms with E-state index in [0.717, 1.165) is 55.6 Å². The molecule has 0 atom stereocenters. The van der Waals surface area contributed by atoms with Crippen molar-refractivity contribution in [3.8, 4) is 101 Å². The van der Waals surface area contributed by atoms with Gasteiger partial charge in [-0.15, -0.1) is 0 Å². The Hall–Kier alpha value is -8.99. The van der Waals surface area contributed by atoms with Crippen molar-refractivity contribution < 1.29 is 12.6 Å². The van der Waals surface area contributed by atoms with Crippen LogP contribution < -0.4 is 0 Å². The van der Waals surface area contributed by atoms with Gasteiger partial charge in [0.15, 0.2) is 17.5 Å². The van der Waals surface area contributed by atoms with Gasteiger partial charge >= 0.3 is 0 Å². The van der Waals surface area contributed by atoms with Gasteiger partial charge in [-0.1, -0.05) is 206 Å². The number of fused-ring (bicyclic) bond motifs is 3. The molecule has 0 aliphatic rings. The lowest BCUT2D eigenvalue weighted by molar-refractivity contribution is 0.669.